The Hall–Kier alpha value is -0.730. The first-order valence-corrected chi connectivity index (χ1v) is 8.64. The van der Waals surface area contributed by atoms with E-state index in [-0.39, 0.29) is 0 Å². The number of azo groups is 1. The summed E-state index contributed by atoms with van der Waals surface area (Å²) in [5, 5.41) is 8.19. The Morgan fingerprint density at radius 1 is 1.05 bits per heavy atom. The molecule has 3 heteroatoms. The van der Waals surface area contributed by atoms with Gasteiger partial charge in [-0.05, 0) is 25.2 Å². The fraction of sp³-hybridized carbons (Fsp3) is 0.941. The molecule has 1 atom stereocenters. The van der Waals surface area contributed by atoms with Crippen molar-refractivity contribution in [3.63, 3.8) is 0 Å². The molecule has 116 valence electrons. The van der Waals surface area contributed by atoms with Gasteiger partial charge in [0.15, 0.2) is 0 Å². The average Bonchev–Trinajstić information content (AvgIpc) is 2.58. The minimum Gasteiger partial charge on any atom is -0.297 e. The van der Waals surface area contributed by atoms with Gasteiger partial charge in [0, 0.05) is 26.2 Å². The molecule has 0 aromatic carbocycles. The van der Waals surface area contributed by atoms with Gasteiger partial charge in [-0.25, -0.2) is 0 Å². The van der Waals surface area contributed by atoms with E-state index in [0.29, 0.717) is 6.04 Å². The van der Waals surface area contributed by atoms with Crippen LogP contribution in [-0.4, -0.2) is 25.8 Å². The third-order valence-electron chi connectivity index (χ3n) is 4.25. The molecule has 0 spiro atoms. The lowest BCUT2D eigenvalue weighted by Crippen LogP contribution is -2.07. The third kappa shape index (κ3) is 8.44. The molecule has 0 N–H and O–H groups in total. The quantitative estimate of drug-likeness (QED) is 0.439. The van der Waals surface area contributed by atoms with Crippen molar-refractivity contribution in [2.45, 2.75) is 83.6 Å². The van der Waals surface area contributed by atoms with Crippen LogP contribution in [0.1, 0.15) is 77.6 Å². The second-order valence-electron chi connectivity index (χ2n) is 6.11. The van der Waals surface area contributed by atoms with Gasteiger partial charge >= 0.3 is 0 Å². The summed E-state index contributed by atoms with van der Waals surface area (Å²) in [7, 11) is 1.76. The number of rotatable bonds is 7. The maximum Gasteiger partial charge on any atom is 0.0757 e. The summed E-state index contributed by atoms with van der Waals surface area (Å²) >= 11 is 0. The van der Waals surface area contributed by atoms with Gasteiger partial charge in [-0.2, -0.15) is 10.2 Å². The highest BCUT2D eigenvalue weighted by atomic mass is 15.1. The largest absolute Gasteiger partial charge is 0.297 e. The van der Waals surface area contributed by atoms with Crippen molar-refractivity contribution < 1.29 is 0 Å². The van der Waals surface area contributed by atoms with Crippen LogP contribution in [0, 0.1) is 5.92 Å². The Kier molecular flexibility index (Phi) is 10.4. The Bertz CT molecular complexity index is 263. The molecule has 1 aliphatic rings. The van der Waals surface area contributed by atoms with Gasteiger partial charge in [0.25, 0.3) is 0 Å². The van der Waals surface area contributed by atoms with Crippen molar-refractivity contribution in [3.05, 3.63) is 0 Å². The molecule has 0 aliphatic heterocycles. The first-order chi connectivity index (χ1) is 9.86. The smallest absolute Gasteiger partial charge is 0.0757 e. The predicted octanol–water partition coefficient (Wildman–Crippen LogP) is 5.45. The second kappa shape index (κ2) is 12.0. The first kappa shape index (κ1) is 17.3. The number of nitrogens with zero attached hydrogens (tertiary/aromatic N) is 3. The summed E-state index contributed by atoms with van der Waals surface area (Å²) in [6.45, 7) is 3.23. The van der Waals surface area contributed by atoms with Crippen LogP contribution < -0.4 is 0 Å². The van der Waals surface area contributed by atoms with Gasteiger partial charge in [0.05, 0.1) is 6.04 Å². The zero-order chi connectivity index (χ0) is 14.5. The zero-order valence-electron chi connectivity index (χ0n) is 13.6. The Morgan fingerprint density at radius 2 is 1.70 bits per heavy atom. The van der Waals surface area contributed by atoms with Gasteiger partial charge in [-0.3, -0.25) is 4.99 Å². The van der Waals surface area contributed by atoms with E-state index in [0.717, 1.165) is 25.3 Å². The molecule has 0 aromatic rings. The normalized spacial score (nSPS) is 20.9. The number of hydrogen-bond donors (Lipinski definition) is 0. The highest BCUT2D eigenvalue weighted by molar-refractivity contribution is 5.58. The van der Waals surface area contributed by atoms with E-state index in [4.69, 9.17) is 0 Å². The average molecular weight is 279 g/mol. The van der Waals surface area contributed by atoms with Crippen molar-refractivity contribution in [3.8, 4) is 0 Å². The van der Waals surface area contributed by atoms with Gasteiger partial charge in [0.1, 0.15) is 0 Å². The van der Waals surface area contributed by atoms with Gasteiger partial charge in [0.2, 0.25) is 0 Å². The van der Waals surface area contributed by atoms with E-state index >= 15 is 0 Å². The molecule has 0 aromatic heterocycles. The van der Waals surface area contributed by atoms with E-state index in [1.165, 1.54) is 57.8 Å². The van der Waals surface area contributed by atoms with E-state index in [9.17, 15) is 0 Å². The molecule has 0 heterocycles. The molecule has 0 bridgehead atoms. The van der Waals surface area contributed by atoms with E-state index in [1.54, 1.807) is 7.05 Å². The van der Waals surface area contributed by atoms with Gasteiger partial charge in [-0.15, -0.1) is 0 Å². The maximum atomic E-state index is 4.68. The fourth-order valence-corrected chi connectivity index (χ4v) is 3.04. The summed E-state index contributed by atoms with van der Waals surface area (Å²) < 4.78 is 0. The van der Waals surface area contributed by atoms with Gasteiger partial charge < -0.3 is 0 Å². The van der Waals surface area contributed by atoms with Crippen LogP contribution >= 0.6 is 0 Å². The minimum absolute atomic E-state index is 0.342. The summed E-state index contributed by atoms with van der Waals surface area (Å²) in [5.41, 5.74) is 0. The standard InChI is InChI=1S/C17H33N3/c1-3-10-17(20-18-2)13-14-19-15-16-11-8-6-4-5-7-9-12-16/h14,16-17H,3-13,15H2,1-2H3/b19-14-,20-18+. The van der Waals surface area contributed by atoms with Crippen molar-refractivity contribution >= 4 is 6.21 Å². The maximum absolute atomic E-state index is 4.68. The molecule has 3 nitrogen and oxygen atoms in total. The number of aliphatic imine (C=N–C) groups is 1. The SMILES string of the molecule is CCCC(C/C=N\CC1CCCCCCCC1)/N=N/C. The van der Waals surface area contributed by atoms with Gasteiger partial charge in [-0.1, -0.05) is 51.9 Å². The molecular formula is C17H33N3. The highest BCUT2D eigenvalue weighted by Crippen LogP contribution is 2.22. The van der Waals surface area contributed by atoms with Crippen LogP contribution in [0.15, 0.2) is 15.2 Å². The molecule has 0 amide bonds. The van der Waals surface area contributed by atoms with Crippen molar-refractivity contribution in [2.24, 2.45) is 21.1 Å². The van der Waals surface area contributed by atoms with Crippen LogP contribution in [-0.2, 0) is 0 Å². The number of hydrogen-bond acceptors (Lipinski definition) is 3. The summed E-state index contributed by atoms with van der Waals surface area (Å²) in [6.07, 6.45) is 16.6. The molecule has 0 saturated heterocycles. The second-order valence-corrected chi connectivity index (χ2v) is 6.11. The highest BCUT2D eigenvalue weighted by Gasteiger charge is 2.10. The summed E-state index contributed by atoms with van der Waals surface area (Å²) in [4.78, 5) is 4.68. The molecule has 1 fully saturated rings. The Labute approximate surface area is 125 Å². The van der Waals surface area contributed by atoms with Crippen molar-refractivity contribution in [1.82, 2.24) is 0 Å². The van der Waals surface area contributed by atoms with Crippen LogP contribution in [0.3, 0.4) is 0 Å². The topological polar surface area (TPSA) is 37.1 Å². The monoisotopic (exact) mass is 279 g/mol. The summed E-state index contributed by atoms with van der Waals surface area (Å²) in [5.74, 6) is 0.821. The van der Waals surface area contributed by atoms with E-state index in [2.05, 4.69) is 28.4 Å². The van der Waals surface area contributed by atoms with Crippen LogP contribution in [0.2, 0.25) is 0 Å². The lowest BCUT2D eigenvalue weighted by atomic mass is 9.97. The minimum atomic E-state index is 0.342. The van der Waals surface area contributed by atoms with Crippen molar-refractivity contribution in [1.29, 1.82) is 0 Å². The lowest BCUT2D eigenvalue weighted by molar-refractivity contribution is 0.438. The molecule has 1 aliphatic carbocycles. The molecule has 20 heavy (non-hydrogen) atoms. The zero-order valence-corrected chi connectivity index (χ0v) is 13.6. The molecule has 1 rings (SSSR count). The van der Waals surface area contributed by atoms with Crippen LogP contribution in [0.25, 0.3) is 0 Å². The molecule has 1 saturated carbocycles. The van der Waals surface area contributed by atoms with Crippen LogP contribution in [0.5, 0.6) is 0 Å². The fourth-order valence-electron chi connectivity index (χ4n) is 3.04. The molecular weight excluding hydrogens is 246 g/mol. The van der Waals surface area contributed by atoms with E-state index < -0.39 is 0 Å². The molecule has 0 radical (unpaired) electrons. The predicted molar refractivity (Wildman–Crippen MR) is 87.9 cm³/mol. The first-order valence-electron chi connectivity index (χ1n) is 8.64. The Balaban J connectivity index is 2.26. The van der Waals surface area contributed by atoms with Crippen molar-refractivity contribution in [2.75, 3.05) is 13.6 Å². The lowest BCUT2D eigenvalue weighted by Gasteiger charge is -2.13. The Morgan fingerprint density at radius 3 is 2.30 bits per heavy atom. The third-order valence-corrected chi connectivity index (χ3v) is 4.25. The summed E-state index contributed by atoms with van der Waals surface area (Å²) in [6, 6.07) is 0.342. The van der Waals surface area contributed by atoms with E-state index in [1.807, 2.05) is 0 Å². The van der Waals surface area contributed by atoms with Crippen LogP contribution in [0.4, 0.5) is 0 Å². The molecule has 1 unspecified atom stereocenters.